The molecule has 0 aliphatic carbocycles. The molecular weight excluding hydrogens is 270 g/mol. The molecule has 1 aromatic carbocycles. The first kappa shape index (κ1) is 15.0. The molecule has 0 bridgehead atoms. The summed E-state index contributed by atoms with van der Waals surface area (Å²) in [6, 6.07) is 7.27. The van der Waals surface area contributed by atoms with Crippen LogP contribution in [-0.2, 0) is 9.59 Å². The van der Waals surface area contributed by atoms with Crippen molar-refractivity contribution in [3.8, 4) is 0 Å². The molecule has 2 atom stereocenters. The first-order chi connectivity index (χ1) is 9.84. The molecule has 0 spiro atoms. The lowest BCUT2D eigenvalue weighted by Gasteiger charge is -2.30. The lowest BCUT2D eigenvalue weighted by molar-refractivity contribution is -0.140. The topological polar surface area (TPSA) is 87.0 Å². The van der Waals surface area contributed by atoms with Crippen LogP contribution in [0.25, 0.3) is 0 Å². The third kappa shape index (κ3) is 2.59. The summed E-state index contributed by atoms with van der Waals surface area (Å²) in [6.07, 6.45) is 0. The number of carboxylic acid groups (broad SMARTS) is 2. The number of benzene rings is 1. The van der Waals surface area contributed by atoms with Crippen molar-refractivity contribution in [3.63, 3.8) is 0 Å². The molecule has 0 radical (unpaired) electrons. The highest BCUT2D eigenvalue weighted by atomic mass is 16.4. The Kier molecular flexibility index (Phi) is 3.93. The Hall–Kier alpha value is -2.43. The quantitative estimate of drug-likeness (QED) is 0.894. The van der Waals surface area contributed by atoms with Gasteiger partial charge in [-0.1, -0.05) is 24.3 Å². The Bertz CT molecular complexity index is 673. The Labute approximate surface area is 122 Å². The van der Waals surface area contributed by atoms with E-state index in [1.54, 1.807) is 26.0 Å². The molecule has 1 heterocycles. The molecule has 2 unspecified atom stereocenters. The molecule has 1 aromatic rings. The summed E-state index contributed by atoms with van der Waals surface area (Å²) in [5.74, 6) is -3.86. The standard InChI is InChI=1S/C16H17NO4/c1-8-6-4-5-7-11(8)14-12(15(18)19)9(2)17-10(3)13(14)16(20)21/h4-7,12,14H,1-3H3,(H,18,19)(H,20,21). The van der Waals surface area contributed by atoms with Crippen molar-refractivity contribution in [1.29, 1.82) is 0 Å². The summed E-state index contributed by atoms with van der Waals surface area (Å²) < 4.78 is 0. The monoisotopic (exact) mass is 287 g/mol. The average Bonchev–Trinajstić information content (AvgIpc) is 2.37. The van der Waals surface area contributed by atoms with Crippen molar-refractivity contribution in [3.05, 3.63) is 46.7 Å². The third-order valence-corrected chi connectivity index (χ3v) is 3.85. The molecule has 0 amide bonds. The maximum Gasteiger partial charge on any atom is 0.334 e. The second-order valence-electron chi connectivity index (χ2n) is 5.21. The third-order valence-electron chi connectivity index (χ3n) is 3.85. The number of rotatable bonds is 3. The number of nitrogens with zero attached hydrogens (tertiary/aromatic N) is 1. The first-order valence-electron chi connectivity index (χ1n) is 6.62. The normalized spacial score (nSPS) is 22.0. The van der Waals surface area contributed by atoms with E-state index in [2.05, 4.69) is 4.99 Å². The van der Waals surface area contributed by atoms with Gasteiger partial charge in [-0.15, -0.1) is 0 Å². The fourth-order valence-corrected chi connectivity index (χ4v) is 2.91. The summed E-state index contributed by atoms with van der Waals surface area (Å²) in [7, 11) is 0. The van der Waals surface area contributed by atoms with E-state index in [1.807, 2.05) is 19.1 Å². The van der Waals surface area contributed by atoms with Gasteiger partial charge in [0.15, 0.2) is 0 Å². The highest BCUT2D eigenvalue weighted by molar-refractivity contribution is 6.06. The average molecular weight is 287 g/mol. The molecule has 5 nitrogen and oxygen atoms in total. The number of aliphatic imine (C=N–C) groups is 1. The molecule has 0 saturated carbocycles. The first-order valence-corrected chi connectivity index (χ1v) is 6.62. The summed E-state index contributed by atoms with van der Waals surface area (Å²) in [5, 5.41) is 19.0. The number of hydrogen-bond acceptors (Lipinski definition) is 3. The van der Waals surface area contributed by atoms with Gasteiger partial charge in [0.1, 0.15) is 5.92 Å². The maximum atomic E-state index is 11.6. The molecule has 0 saturated heterocycles. The molecule has 0 aromatic heterocycles. The molecular formula is C16H17NO4. The molecule has 1 aliphatic rings. The van der Waals surface area contributed by atoms with Gasteiger partial charge < -0.3 is 10.2 Å². The van der Waals surface area contributed by atoms with Gasteiger partial charge in [-0.25, -0.2) is 4.79 Å². The van der Waals surface area contributed by atoms with Crippen LogP contribution < -0.4 is 0 Å². The zero-order valence-corrected chi connectivity index (χ0v) is 12.1. The zero-order chi connectivity index (χ0) is 15.7. The number of aryl methyl sites for hydroxylation is 1. The van der Waals surface area contributed by atoms with Crippen LogP contribution in [0.1, 0.15) is 30.9 Å². The summed E-state index contributed by atoms with van der Waals surface area (Å²) in [6.45, 7) is 5.09. The molecule has 21 heavy (non-hydrogen) atoms. The largest absolute Gasteiger partial charge is 0.481 e. The zero-order valence-electron chi connectivity index (χ0n) is 12.1. The van der Waals surface area contributed by atoms with Crippen molar-refractivity contribution in [2.45, 2.75) is 26.7 Å². The van der Waals surface area contributed by atoms with Gasteiger partial charge in [0.05, 0.1) is 5.57 Å². The lowest BCUT2D eigenvalue weighted by Crippen LogP contribution is -2.35. The molecule has 5 heteroatoms. The highest BCUT2D eigenvalue weighted by Gasteiger charge is 2.41. The molecule has 2 rings (SSSR count). The van der Waals surface area contributed by atoms with Gasteiger partial charge in [0.25, 0.3) is 0 Å². The second-order valence-corrected chi connectivity index (χ2v) is 5.21. The second kappa shape index (κ2) is 5.52. The van der Waals surface area contributed by atoms with Gasteiger partial charge in [0, 0.05) is 17.3 Å². The predicted molar refractivity (Wildman–Crippen MR) is 78.5 cm³/mol. The number of hydrogen-bond donors (Lipinski definition) is 2. The van der Waals surface area contributed by atoms with Crippen molar-refractivity contribution in [1.82, 2.24) is 0 Å². The van der Waals surface area contributed by atoms with E-state index in [4.69, 9.17) is 0 Å². The van der Waals surface area contributed by atoms with Crippen LogP contribution in [0.15, 0.2) is 40.5 Å². The van der Waals surface area contributed by atoms with E-state index in [-0.39, 0.29) is 5.57 Å². The van der Waals surface area contributed by atoms with Crippen molar-refractivity contribution in [2.24, 2.45) is 10.9 Å². The number of carboxylic acids is 2. The Morgan fingerprint density at radius 3 is 2.24 bits per heavy atom. The Morgan fingerprint density at radius 2 is 1.71 bits per heavy atom. The Morgan fingerprint density at radius 1 is 1.10 bits per heavy atom. The van der Waals surface area contributed by atoms with Gasteiger partial charge in [-0.05, 0) is 31.9 Å². The minimum atomic E-state index is -1.12. The van der Waals surface area contributed by atoms with Crippen LogP contribution in [0.3, 0.4) is 0 Å². The molecule has 1 aliphatic heterocycles. The van der Waals surface area contributed by atoms with Crippen LogP contribution in [-0.4, -0.2) is 27.9 Å². The smallest absolute Gasteiger partial charge is 0.334 e. The molecule has 110 valence electrons. The maximum absolute atomic E-state index is 11.6. The number of aliphatic carboxylic acids is 2. The predicted octanol–water partition coefficient (Wildman–Crippen LogP) is 2.61. The van der Waals surface area contributed by atoms with Gasteiger partial charge >= 0.3 is 11.9 Å². The fraction of sp³-hybridized carbons (Fsp3) is 0.312. The van der Waals surface area contributed by atoms with Gasteiger partial charge in [-0.2, -0.15) is 0 Å². The summed E-state index contributed by atoms with van der Waals surface area (Å²) in [4.78, 5) is 27.4. The van der Waals surface area contributed by atoms with Crippen molar-refractivity contribution >= 4 is 17.7 Å². The van der Waals surface area contributed by atoms with Crippen molar-refractivity contribution < 1.29 is 19.8 Å². The van der Waals surface area contributed by atoms with Crippen LogP contribution in [0.2, 0.25) is 0 Å². The van der Waals surface area contributed by atoms with Gasteiger partial charge in [0.2, 0.25) is 0 Å². The minimum absolute atomic E-state index is 0.0577. The van der Waals surface area contributed by atoms with Crippen LogP contribution >= 0.6 is 0 Å². The van der Waals surface area contributed by atoms with E-state index in [0.29, 0.717) is 11.4 Å². The lowest BCUT2D eigenvalue weighted by atomic mass is 9.74. The van der Waals surface area contributed by atoms with Crippen LogP contribution in [0.4, 0.5) is 0 Å². The van der Waals surface area contributed by atoms with Crippen LogP contribution in [0.5, 0.6) is 0 Å². The van der Waals surface area contributed by atoms with E-state index in [9.17, 15) is 19.8 Å². The summed E-state index contributed by atoms with van der Waals surface area (Å²) in [5.41, 5.74) is 2.44. The highest BCUT2D eigenvalue weighted by Crippen LogP contribution is 2.40. The van der Waals surface area contributed by atoms with Crippen LogP contribution in [0, 0.1) is 12.8 Å². The fourth-order valence-electron chi connectivity index (χ4n) is 2.91. The van der Waals surface area contributed by atoms with E-state index < -0.39 is 23.8 Å². The van der Waals surface area contributed by atoms with Crippen molar-refractivity contribution in [2.75, 3.05) is 0 Å². The van der Waals surface area contributed by atoms with Gasteiger partial charge in [-0.3, -0.25) is 9.79 Å². The van der Waals surface area contributed by atoms with E-state index in [1.165, 1.54) is 0 Å². The summed E-state index contributed by atoms with van der Waals surface area (Å²) >= 11 is 0. The number of carbonyl (C=O) groups is 2. The Balaban J connectivity index is 2.72. The molecule has 2 N–H and O–H groups in total. The number of allylic oxidation sites excluding steroid dienone is 1. The van der Waals surface area contributed by atoms with E-state index >= 15 is 0 Å². The SMILES string of the molecule is CC1=NC(C)=C(C(=O)O)C(c2ccccc2C)C1C(=O)O. The molecule has 0 fully saturated rings. The van der Waals surface area contributed by atoms with E-state index in [0.717, 1.165) is 11.1 Å². The minimum Gasteiger partial charge on any atom is -0.481 e.